The molecule has 0 radical (unpaired) electrons. The molecule has 0 spiro atoms. The SMILES string of the molecule is COc1cc(C(C)(C)CC(C)(C)C)ccc1O. The molecule has 0 aliphatic carbocycles. The van der Waals surface area contributed by atoms with Gasteiger partial charge in [0, 0.05) is 0 Å². The first-order valence-electron chi connectivity index (χ1n) is 6.03. The Morgan fingerprint density at radius 2 is 1.71 bits per heavy atom. The molecule has 0 aromatic heterocycles. The van der Waals surface area contributed by atoms with Gasteiger partial charge in [0.25, 0.3) is 0 Å². The van der Waals surface area contributed by atoms with Gasteiger partial charge in [-0.2, -0.15) is 0 Å². The highest BCUT2D eigenvalue weighted by molar-refractivity contribution is 5.43. The van der Waals surface area contributed by atoms with E-state index in [4.69, 9.17) is 4.74 Å². The van der Waals surface area contributed by atoms with Crippen molar-refractivity contribution in [1.29, 1.82) is 0 Å². The number of phenols is 1. The minimum atomic E-state index is 0.0687. The number of benzene rings is 1. The minimum absolute atomic E-state index is 0.0687. The van der Waals surface area contributed by atoms with Crippen molar-refractivity contribution in [3.63, 3.8) is 0 Å². The molecule has 0 bridgehead atoms. The third kappa shape index (κ3) is 3.65. The van der Waals surface area contributed by atoms with Crippen LogP contribution < -0.4 is 4.74 Å². The number of hydrogen-bond acceptors (Lipinski definition) is 2. The second-order valence-electron chi connectivity index (χ2n) is 6.51. The van der Waals surface area contributed by atoms with E-state index in [1.165, 1.54) is 5.56 Å². The van der Waals surface area contributed by atoms with Crippen LogP contribution in [-0.2, 0) is 5.41 Å². The van der Waals surface area contributed by atoms with Crippen LogP contribution in [0.3, 0.4) is 0 Å². The maximum absolute atomic E-state index is 9.61. The summed E-state index contributed by atoms with van der Waals surface area (Å²) in [6, 6.07) is 5.61. The molecule has 1 N–H and O–H groups in total. The number of phenolic OH excluding ortho intramolecular Hbond substituents is 1. The van der Waals surface area contributed by atoms with Crippen LogP contribution in [0.1, 0.15) is 46.6 Å². The lowest BCUT2D eigenvalue weighted by molar-refractivity contribution is 0.283. The van der Waals surface area contributed by atoms with Crippen LogP contribution in [0.25, 0.3) is 0 Å². The van der Waals surface area contributed by atoms with Crippen molar-refractivity contribution >= 4 is 0 Å². The molecule has 0 aliphatic rings. The molecule has 17 heavy (non-hydrogen) atoms. The Bertz CT molecular complexity index is 386. The van der Waals surface area contributed by atoms with Gasteiger partial charge < -0.3 is 9.84 Å². The molecule has 2 nitrogen and oxygen atoms in total. The van der Waals surface area contributed by atoms with Crippen molar-refractivity contribution in [2.24, 2.45) is 5.41 Å². The van der Waals surface area contributed by atoms with Crippen LogP contribution >= 0.6 is 0 Å². The summed E-state index contributed by atoms with van der Waals surface area (Å²) in [4.78, 5) is 0. The summed E-state index contributed by atoms with van der Waals surface area (Å²) in [5.41, 5.74) is 1.54. The summed E-state index contributed by atoms with van der Waals surface area (Å²) in [5.74, 6) is 0.743. The molecule has 1 aromatic carbocycles. The Labute approximate surface area is 105 Å². The van der Waals surface area contributed by atoms with Crippen molar-refractivity contribution in [2.45, 2.75) is 46.5 Å². The minimum Gasteiger partial charge on any atom is -0.504 e. The van der Waals surface area contributed by atoms with Gasteiger partial charge >= 0.3 is 0 Å². The predicted molar refractivity (Wildman–Crippen MR) is 71.8 cm³/mol. The average molecular weight is 236 g/mol. The zero-order valence-corrected chi connectivity index (χ0v) is 11.8. The largest absolute Gasteiger partial charge is 0.504 e. The third-order valence-electron chi connectivity index (χ3n) is 2.93. The molecular weight excluding hydrogens is 212 g/mol. The van der Waals surface area contributed by atoms with Gasteiger partial charge in [0.05, 0.1) is 7.11 Å². The Kier molecular flexibility index (Phi) is 3.75. The number of rotatable bonds is 3. The lowest BCUT2D eigenvalue weighted by Gasteiger charge is -2.33. The van der Waals surface area contributed by atoms with Gasteiger partial charge in [0.1, 0.15) is 0 Å². The molecule has 0 aliphatic heterocycles. The van der Waals surface area contributed by atoms with Gasteiger partial charge in [-0.25, -0.2) is 0 Å². The van der Waals surface area contributed by atoms with Crippen LogP contribution in [0.15, 0.2) is 18.2 Å². The Hall–Kier alpha value is -1.18. The summed E-state index contributed by atoms with van der Waals surface area (Å²) >= 11 is 0. The van der Waals surface area contributed by atoms with E-state index >= 15 is 0 Å². The molecule has 0 saturated heterocycles. The summed E-state index contributed by atoms with van der Waals surface area (Å²) in [6.07, 6.45) is 1.08. The molecule has 0 saturated carbocycles. The number of ether oxygens (including phenoxy) is 1. The fourth-order valence-electron chi connectivity index (χ4n) is 2.53. The predicted octanol–water partition coefficient (Wildman–Crippen LogP) is 4.11. The first-order chi connectivity index (χ1) is 7.65. The fourth-order valence-corrected chi connectivity index (χ4v) is 2.53. The van der Waals surface area contributed by atoms with E-state index < -0.39 is 0 Å². The molecule has 1 aromatic rings. The number of aromatic hydroxyl groups is 1. The van der Waals surface area contributed by atoms with Crippen molar-refractivity contribution in [1.82, 2.24) is 0 Å². The highest BCUT2D eigenvalue weighted by Gasteiger charge is 2.27. The molecule has 96 valence electrons. The second kappa shape index (κ2) is 4.59. The van der Waals surface area contributed by atoms with Gasteiger partial charge in [0.2, 0.25) is 0 Å². The second-order valence-corrected chi connectivity index (χ2v) is 6.51. The van der Waals surface area contributed by atoms with Gasteiger partial charge in [-0.15, -0.1) is 0 Å². The van der Waals surface area contributed by atoms with E-state index in [2.05, 4.69) is 34.6 Å². The Morgan fingerprint density at radius 3 is 2.18 bits per heavy atom. The van der Waals surface area contributed by atoms with E-state index in [9.17, 15) is 5.11 Å². The highest BCUT2D eigenvalue weighted by Crippen LogP contribution is 2.39. The monoisotopic (exact) mass is 236 g/mol. The van der Waals surface area contributed by atoms with Gasteiger partial charge in [-0.1, -0.05) is 40.7 Å². The topological polar surface area (TPSA) is 29.5 Å². The van der Waals surface area contributed by atoms with Gasteiger partial charge in [0.15, 0.2) is 11.5 Å². The quantitative estimate of drug-likeness (QED) is 0.855. The molecule has 0 heterocycles. The lowest BCUT2D eigenvalue weighted by Crippen LogP contribution is -2.24. The smallest absolute Gasteiger partial charge is 0.160 e. The third-order valence-corrected chi connectivity index (χ3v) is 2.93. The molecule has 0 amide bonds. The normalized spacial score (nSPS) is 12.6. The van der Waals surface area contributed by atoms with E-state index in [1.54, 1.807) is 13.2 Å². The standard InChI is InChI=1S/C15H24O2/c1-14(2,3)10-15(4,5)11-7-8-12(16)13(9-11)17-6/h7-9,16H,10H2,1-6H3. The zero-order valence-electron chi connectivity index (χ0n) is 11.8. The highest BCUT2D eigenvalue weighted by atomic mass is 16.5. The first kappa shape index (κ1) is 13.9. The summed E-state index contributed by atoms with van der Waals surface area (Å²) < 4.78 is 5.16. The number of hydrogen-bond donors (Lipinski definition) is 1. The molecular formula is C15H24O2. The molecule has 0 unspecified atom stereocenters. The van der Waals surface area contributed by atoms with Crippen LogP contribution in [0.5, 0.6) is 11.5 Å². The van der Waals surface area contributed by atoms with Crippen LogP contribution in [0.2, 0.25) is 0 Å². The molecule has 0 fully saturated rings. The van der Waals surface area contributed by atoms with Crippen molar-refractivity contribution in [3.05, 3.63) is 23.8 Å². The molecule has 2 heteroatoms. The average Bonchev–Trinajstić information content (AvgIpc) is 2.14. The lowest BCUT2D eigenvalue weighted by atomic mass is 9.72. The van der Waals surface area contributed by atoms with E-state index in [0.717, 1.165) is 6.42 Å². The van der Waals surface area contributed by atoms with Crippen LogP contribution in [0.4, 0.5) is 0 Å². The maximum Gasteiger partial charge on any atom is 0.160 e. The maximum atomic E-state index is 9.61. The van der Waals surface area contributed by atoms with Crippen molar-refractivity contribution in [2.75, 3.05) is 7.11 Å². The Balaban J connectivity index is 3.06. The molecule has 1 rings (SSSR count). The van der Waals surface area contributed by atoms with E-state index in [0.29, 0.717) is 5.75 Å². The Morgan fingerprint density at radius 1 is 1.12 bits per heavy atom. The summed E-state index contributed by atoms with van der Waals surface area (Å²) in [7, 11) is 1.58. The fraction of sp³-hybridized carbons (Fsp3) is 0.600. The first-order valence-corrected chi connectivity index (χ1v) is 6.03. The van der Waals surface area contributed by atoms with Crippen molar-refractivity contribution < 1.29 is 9.84 Å². The van der Waals surface area contributed by atoms with Gasteiger partial charge in [-0.05, 0) is 34.9 Å². The van der Waals surface area contributed by atoms with Gasteiger partial charge in [-0.3, -0.25) is 0 Å². The summed E-state index contributed by atoms with van der Waals surface area (Å²) in [6.45, 7) is 11.2. The molecule has 0 atom stereocenters. The summed E-state index contributed by atoms with van der Waals surface area (Å²) in [5, 5.41) is 9.61. The van der Waals surface area contributed by atoms with E-state index in [-0.39, 0.29) is 16.6 Å². The van der Waals surface area contributed by atoms with Crippen molar-refractivity contribution in [3.8, 4) is 11.5 Å². The van der Waals surface area contributed by atoms with Crippen LogP contribution in [0, 0.1) is 5.41 Å². The van der Waals surface area contributed by atoms with E-state index in [1.807, 2.05) is 12.1 Å². The number of methoxy groups -OCH3 is 1. The van der Waals surface area contributed by atoms with Crippen LogP contribution in [-0.4, -0.2) is 12.2 Å². The zero-order chi connectivity index (χ0) is 13.3.